The van der Waals surface area contributed by atoms with Gasteiger partial charge in [0.2, 0.25) is 26.7 Å². The number of rotatable bonds is 39. The molecule has 3 aliphatic rings. The highest BCUT2D eigenvalue weighted by molar-refractivity contribution is 5.96. The van der Waals surface area contributed by atoms with Crippen LogP contribution in [0, 0.1) is 0 Å². The van der Waals surface area contributed by atoms with Gasteiger partial charge in [0.15, 0.2) is 45.9 Å². The van der Waals surface area contributed by atoms with Crippen LogP contribution in [-0.2, 0) is 66.4 Å². The van der Waals surface area contributed by atoms with E-state index in [9.17, 15) is 59.4 Å². The molecule has 32 heteroatoms. The number of aromatic carboxylic acids is 3. The van der Waals surface area contributed by atoms with Crippen molar-refractivity contribution in [1.29, 1.82) is 0 Å². The maximum Gasteiger partial charge on any atom is 0.336 e. The van der Waals surface area contributed by atoms with Crippen molar-refractivity contribution in [3.8, 4) is 114 Å². The Kier molecular flexibility index (Phi) is 30.5. The van der Waals surface area contributed by atoms with Crippen LogP contribution in [0.2, 0.25) is 0 Å². The fourth-order valence-corrected chi connectivity index (χ4v) is 14.7. The number of carbonyl (C=O) groups is 6. The first-order valence-corrected chi connectivity index (χ1v) is 41.4. The molecular weight excluding hydrogens is 1690 g/mol. The summed E-state index contributed by atoms with van der Waals surface area (Å²) in [4.78, 5) is 80.7. The predicted molar refractivity (Wildman–Crippen MR) is 476 cm³/mol. The first kappa shape index (κ1) is 92.4. The van der Waals surface area contributed by atoms with E-state index in [2.05, 4.69) is 23.8 Å². The van der Waals surface area contributed by atoms with Crippen molar-refractivity contribution >= 4 is 54.0 Å². The Bertz CT molecular complexity index is 6050. The molecule has 12 aromatic rings. The molecule has 3 aliphatic heterocycles. The van der Waals surface area contributed by atoms with E-state index >= 15 is 0 Å². The minimum absolute atomic E-state index is 0.00250. The summed E-state index contributed by atoms with van der Waals surface area (Å²) >= 11 is 0. The average molecular weight is 1790 g/mol. The normalized spacial score (nSPS) is 12.2. The number of imidazole rings is 2. The Morgan fingerprint density at radius 3 is 1.27 bits per heavy atom. The first-order valence-electron chi connectivity index (χ1n) is 41.4. The molecule has 0 atom stereocenters. The third-order valence-electron chi connectivity index (χ3n) is 21.4. The number of unbranched alkanes of at least 4 members (excludes halogenated alkanes) is 2. The Morgan fingerprint density at radius 1 is 0.427 bits per heavy atom. The number of aromatic nitrogens is 4. The second-order valence-electron chi connectivity index (χ2n) is 29.6. The molecule has 0 radical (unpaired) electrons. The summed E-state index contributed by atoms with van der Waals surface area (Å²) in [6.45, 7) is 5.05. The number of aliphatic carboxylic acids is 3. The maximum atomic E-state index is 12.6. The molecule has 0 aliphatic carbocycles. The molecule has 6 heterocycles. The molecule has 3 aromatic heterocycles. The van der Waals surface area contributed by atoms with Crippen LogP contribution in [0.15, 0.2) is 210 Å². The van der Waals surface area contributed by atoms with Crippen LogP contribution in [0.25, 0.3) is 46.3 Å². The first-order chi connectivity index (χ1) is 63.5. The molecule has 7 N–H and O–H groups in total. The molecule has 32 nitrogen and oxygen atoms in total. The number of fused-ring (bicyclic) bond motifs is 3. The van der Waals surface area contributed by atoms with E-state index in [0.29, 0.717) is 178 Å². The molecule has 678 valence electrons. The second kappa shape index (κ2) is 43.3. The van der Waals surface area contributed by atoms with E-state index in [1.807, 2.05) is 27.6 Å². The summed E-state index contributed by atoms with van der Waals surface area (Å²) in [5, 5.41) is 59.5. The number of H-pyrrole nitrogens is 1. The van der Waals surface area contributed by atoms with E-state index < -0.39 is 35.8 Å². The van der Waals surface area contributed by atoms with Gasteiger partial charge >= 0.3 is 35.8 Å². The molecule has 0 saturated carbocycles. The number of methoxy groups -OCH3 is 6. The van der Waals surface area contributed by atoms with Gasteiger partial charge in [-0.05, 0) is 104 Å². The summed E-state index contributed by atoms with van der Waals surface area (Å²) in [6.07, 6.45) is 13.9. The van der Waals surface area contributed by atoms with Crippen molar-refractivity contribution in [2.75, 3.05) is 63.0 Å². The summed E-state index contributed by atoms with van der Waals surface area (Å²) < 4.78 is 93.8. The Balaban J connectivity index is 0.000000167. The van der Waals surface area contributed by atoms with Gasteiger partial charge < -0.3 is 106 Å². The zero-order valence-electron chi connectivity index (χ0n) is 72.7. The monoisotopic (exact) mass is 1790 g/mol. The third-order valence-corrected chi connectivity index (χ3v) is 21.4. The van der Waals surface area contributed by atoms with Gasteiger partial charge in [-0.15, -0.1) is 0 Å². The maximum absolute atomic E-state index is 12.6. The minimum atomic E-state index is -1.14. The van der Waals surface area contributed by atoms with E-state index in [4.69, 9.17) is 75.5 Å². The number of hydrogen-bond donors (Lipinski definition) is 7. The number of benzene rings is 9. The van der Waals surface area contributed by atoms with Crippen LogP contribution in [0.3, 0.4) is 0 Å². The Labute approximate surface area is 751 Å². The van der Waals surface area contributed by atoms with Crippen molar-refractivity contribution in [2.24, 2.45) is 0 Å². The third kappa shape index (κ3) is 22.2. The van der Waals surface area contributed by atoms with Gasteiger partial charge in [0, 0.05) is 129 Å². The lowest BCUT2D eigenvalue weighted by Gasteiger charge is -2.18. The van der Waals surface area contributed by atoms with Crippen molar-refractivity contribution in [1.82, 2.24) is 14.5 Å². The zero-order valence-corrected chi connectivity index (χ0v) is 72.7. The van der Waals surface area contributed by atoms with Crippen LogP contribution in [0.1, 0.15) is 127 Å². The predicted octanol–water partition coefficient (Wildman–Crippen LogP) is 17.1. The average Bonchev–Trinajstić information content (AvgIpc) is 1.69. The standard InChI is InChI=1S/2C34H34N2O9.C31H26O10/c1-4-5-12-36-19-35-27(14-23(33(37)38)13-22-15-30-31(45-20-44-30)17-28(22)42-3)32(36)26-11-10-24(41-2)16-29(26)43-18-21-8-6-7-9-25(21)34(39)40;1-4-5-10-32-35-18-24(14-23(33(37)38)13-22-15-30-31(45-20-44-30)17-28(22)42-3)36(32)27-12-11-25(41-2)16-29(27)43-19-21-8-6-7-9-26(21)34(39)40;1-36-21-7-8-23(27(14-21)39-16-18-5-3-4-6-22(18)31(34)35)24-9-10-38-26(24)13-20(30(32)33)11-19-12-28-29(41-17-40-28)15-25(19)37-2/h6-11,14-17,19H,4-5,12-13,18,20H2,1-3H3,(H2,37,38,39,40);6-9,11-12,14-18H,4-5,10,13,19-20H2,1-3H3,(H,37,38)(H,39,40);3-10,12-15H,11,16-17H2,1-2H3,(H,32,33)(H,34,35)/p+1/b2*23-14+;20-13+. The molecule has 0 unspecified atom stereocenters. The zero-order chi connectivity index (χ0) is 92.8. The highest BCUT2D eigenvalue weighted by Gasteiger charge is 2.30. The van der Waals surface area contributed by atoms with Gasteiger partial charge in [0.1, 0.15) is 83.2 Å². The van der Waals surface area contributed by atoms with Crippen molar-refractivity contribution in [3.05, 3.63) is 278 Å². The fraction of sp³-hybridized carbons (Fsp3) is 0.232. The number of nitrogens with one attached hydrogen (secondary N) is 1. The summed E-state index contributed by atoms with van der Waals surface area (Å²) in [5.41, 5.74) is 8.30. The fourth-order valence-electron chi connectivity index (χ4n) is 14.7. The van der Waals surface area contributed by atoms with Gasteiger partial charge in [0.25, 0.3) is 0 Å². The van der Waals surface area contributed by atoms with Gasteiger partial charge in [-0.3, -0.25) is 4.57 Å². The SMILES string of the molecule is CCCC[n+]1c[nH]c(/C=C(\Cc2cc3c(cc2OC)OCO3)C(=O)O)c1-c1ccc(OC)cc1OCc1ccccc1C(=O)O.CCCCc1ncc(/C=C(\Cc2cc3c(cc2OC)OCO3)C(=O)O)n1-c1ccc(OC)cc1OCc1ccccc1C(=O)O.COc1ccc(-c2ccoc2/C=C(\Cc2cc3c(cc2OC)OCO3)C(=O)O)c(OCc2ccccc2C(=O)O)c1. The molecule has 0 bridgehead atoms. The van der Waals surface area contributed by atoms with Crippen LogP contribution < -0.4 is 75.6 Å². The number of furan rings is 1. The quantitative estimate of drug-likeness (QED) is 0.0139. The van der Waals surface area contributed by atoms with Crippen LogP contribution in [-0.4, -0.2) is 144 Å². The number of aromatic amines is 1. The highest BCUT2D eigenvalue weighted by atomic mass is 16.7. The summed E-state index contributed by atoms with van der Waals surface area (Å²) in [7, 11) is 9.14. The van der Waals surface area contributed by atoms with E-state index in [1.54, 1.807) is 172 Å². The summed E-state index contributed by atoms with van der Waals surface area (Å²) in [6, 6.07) is 47.6. The van der Waals surface area contributed by atoms with Crippen LogP contribution >= 0.6 is 0 Å². The number of hydrogen-bond acceptors (Lipinski definition) is 23. The number of ether oxygens (including phenoxy) is 15. The number of aryl methyl sites for hydroxylation is 2. The lowest BCUT2D eigenvalue weighted by molar-refractivity contribution is -0.685. The Morgan fingerprint density at radius 2 is 0.832 bits per heavy atom. The van der Waals surface area contributed by atoms with Crippen molar-refractivity contribution in [2.45, 2.75) is 91.6 Å². The van der Waals surface area contributed by atoms with Crippen LogP contribution in [0.5, 0.6) is 86.2 Å². The van der Waals surface area contributed by atoms with Crippen LogP contribution in [0.4, 0.5) is 0 Å². The lowest BCUT2D eigenvalue weighted by Crippen LogP contribution is -2.34. The van der Waals surface area contributed by atoms with E-state index in [-0.39, 0.29) is 92.9 Å². The van der Waals surface area contributed by atoms with Gasteiger partial charge in [-0.1, -0.05) is 81.3 Å². The van der Waals surface area contributed by atoms with Crippen molar-refractivity contribution < 1.29 is 139 Å². The highest BCUT2D eigenvalue weighted by Crippen LogP contribution is 2.45. The second-order valence-corrected chi connectivity index (χ2v) is 29.6. The van der Waals surface area contributed by atoms with Gasteiger partial charge in [-0.25, -0.2) is 43.3 Å². The largest absolute Gasteiger partial charge is 0.497 e. The molecule has 15 rings (SSSR count). The summed E-state index contributed by atoms with van der Waals surface area (Å²) in [5.74, 6) is 1.99. The van der Waals surface area contributed by atoms with Crippen molar-refractivity contribution in [3.63, 3.8) is 0 Å². The minimum Gasteiger partial charge on any atom is -0.497 e. The number of carboxylic acids is 6. The Hall–Kier alpha value is -16.3. The van der Waals surface area contributed by atoms with Gasteiger partial charge in [0.05, 0.1) is 95.3 Å². The molecule has 0 amide bonds. The lowest BCUT2D eigenvalue weighted by atomic mass is 9.99. The molecule has 0 spiro atoms. The molecule has 131 heavy (non-hydrogen) atoms. The number of nitrogens with zero attached hydrogens (tertiary/aromatic N) is 3. The molecule has 9 aromatic carbocycles. The smallest absolute Gasteiger partial charge is 0.336 e. The molecule has 0 fully saturated rings. The van der Waals surface area contributed by atoms with Gasteiger partial charge in [-0.2, -0.15) is 0 Å². The number of carboxylic acid groups (broad SMARTS) is 6. The molecular formula is C99H95N4O28+. The topological polar surface area (TPSA) is 413 Å². The van der Waals surface area contributed by atoms with E-state index in [0.717, 1.165) is 31.5 Å². The van der Waals surface area contributed by atoms with E-state index in [1.165, 1.54) is 59.0 Å². The molecule has 0 saturated heterocycles.